The summed E-state index contributed by atoms with van der Waals surface area (Å²) in [5.74, 6) is 0.794. The molecular formula is C18H30N4O. The van der Waals surface area contributed by atoms with Crippen molar-refractivity contribution in [2.24, 2.45) is 5.92 Å². The van der Waals surface area contributed by atoms with Crippen LogP contribution in [-0.4, -0.2) is 41.1 Å². The monoisotopic (exact) mass is 318 g/mol. The second-order valence-electron chi connectivity index (χ2n) is 7.07. The molecule has 0 bridgehead atoms. The number of rotatable bonds is 6. The molecule has 0 radical (unpaired) electrons. The van der Waals surface area contributed by atoms with Crippen molar-refractivity contribution in [2.45, 2.75) is 52.1 Å². The van der Waals surface area contributed by atoms with Crippen molar-refractivity contribution in [1.82, 2.24) is 20.5 Å². The number of pyridine rings is 1. The fourth-order valence-corrected chi connectivity index (χ4v) is 3.10. The summed E-state index contributed by atoms with van der Waals surface area (Å²) in [5, 5.41) is 5.90. The van der Waals surface area contributed by atoms with Crippen molar-refractivity contribution >= 4 is 6.03 Å². The molecule has 1 aliphatic heterocycles. The van der Waals surface area contributed by atoms with Crippen LogP contribution in [0.2, 0.25) is 0 Å². The molecule has 1 saturated heterocycles. The Labute approximate surface area is 139 Å². The van der Waals surface area contributed by atoms with Crippen LogP contribution in [-0.2, 0) is 6.54 Å². The number of carbonyl (C=O) groups excluding carboxylic acids is 1. The van der Waals surface area contributed by atoms with E-state index in [0.717, 1.165) is 24.6 Å². The van der Waals surface area contributed by atoms with E-state index in [0.29, 0.717) is 13.1 Å². The molecule has 2 heterocycles. The number of nitrogens with zero attached hydrogens (tertiary/aromatic N) is 2. The highest BCUT2D eigenvalue weighted by atomic mass is 16.2. The number of urea groups is 1. The molecule has 5 nitrogen and oxygen atoms in total. The molecule has 0 aromatic carbocycles. The van der Waals surface area contributed by atoms with Gasteiger partial charge in [-0.25, -0.2) is 4.79 Å². The number of likely N-dealkylation sites (tertiary alicyclic amines) is 1. The molecule has 2 rings (SSSR count). The van der Waals surface area contributed by atoms with Gasteiger partial charge in [0.1, 0.15) is 0 Å². The standard InChI is InChI=1S/C18H30N4O/c1-4-15-8-6-10-22(13-15)18(2,3)14-21-17(23)20-12-16-7-5-9-19-11-16/h5,7,9,11,15H,4,6,8,10,12-14H2,1-3H3,(H2,20,21,23)/t15-/m0/s1. The van der Waals surface area contributed by atoms with Crippen LogP contribution in [0.15, 0.2) is 24.5 Å². The van der Waals surface area contributed by atoms with E-state index in [1.54, 1.807) is 12.4 Å². The molecule has 1 aliphatic rings. The molecule has 1 atom stereocenters. The van der Waals surface area contributed by atoms with Crippen LogP contribution in [0.4, 0.5) is 4.79 Å². The molecule has 128 valence electrons. The number of carbonyl (C=O) groups is 1. The zero-order valence-electron chi connectivity index (χ0n) is 14.6. The van der Waals surface area contributed by atoms with Gasteiger partial charge in [0, 0.05) is 37.6 Å². The van der Waals surface area contributed by atoms with Crippen molar-refractivity contribution in [3.63, 3.8) is 0 Å². The van der Waals surface area contributed by atoms with Gasteiger partial charge in [-0.3, -0.25) is 9.88 Å². The second-order valence-corrected chi connectivity index (χ2v) is 7.07. The summed E-state index contributed by atoms with van der Waals surface area (Å²) in [4.78, 5) is 18.6. The molecule has 0 saturated carbocycles. The molecule has 0 unspecified atom stereocenters. The Hall–Kier alpha value is -1.62. The lowest BCUT2D eigenvalue weighted by atomic mass is 9.91. The molecular weight excluding hydrogens is 288 g/mol. The maximum absolute atomic E-state index is 12.0. The van der Waals surface area contributed by atoms with E-state index in [9.17, 15) is 4.79 Å². The van der Waals surface area contributed by atoms with E-state index in [4.69, 9.17) is 0 Å². The van der Waals surface area contributed by atoms with Crippen LogP contribution < -0.4 is 10.6 Å². The third-order valence-corrected chi connectivity index (χ3v) is 4.81. The van der Waals surface area contributed by atoms with E-state index in [-0.39, 0.29) is 11.6 Å². The van der Waals surface area contributed by atoms with Gasteiger partial charge in [0.25, 0.3) is 0 Å². The van der Waals surface area contributed by atoms with Gasteiger partial charge >= 0.3 is 6.03 Å². The highest BCUT2D eigenvalue weighted by Crippen LogP contribution is 2.25. The molecule has 23 heavy (non-hydrogen) atoms. The summed E-state index contributed by atoms with van der Waals surface area (Å²) < 4.78 is 0. The molecule has 2 amide bonds. The predicted molar refractivity (Wildman–Crippen MR) is 93.1 cm³/mol. The number of nitrogens with one attached hydrogen (secondary N) is 2. The first-order valence-electron chi connectivity index (χ1n) is 8.67. The van der Waals surface area contributed by atoms with E-state index >= 15 is 0 Å². The van der Waals surface area contributed by atoms with Gasteiger partial charge in [-0.2, -0.15) is 0 Å². The number of aromatic nitrogens is 1. The fourth-order valence-electron chi connectivity index (χ4n) is 3.10. The van der Waals surface area contributed by atoms with E-state index < -0.39 is 0 Å². The topological polar surface area (TPSA) is 57.3 Å². The lowest BCUT2D eigenvalue weighted by molar-refractivity contribution is 0.0665. The molecule has 5 heteroatoms. The van der Waals surface area contributed by atoms with Crippen LogP contribution in [0.5, 0.6) is 0 Å². The first-order valence-corrected chi connectivity index (χ1v) is 8.67. The minimum absolute atomic E-state index is 0.0144. The summed E-state index contributed by atoms with van der Waals surface area (Å²) in [7, 11) is 0. The zero-order valence-corrected chi connectivity index (χ0v) is 14.6. The van der Waals surface area contributed by atoms with Crippen LogP contribution in [0.3, 0.4) is 0 Å². The highest BCUT2D eigenvalue weighted by Gasteiger charge is 2.31. The van der Waals surface area contributed by atoms with Gasteiger partial charge in [0.2, 0.25) is 0 Å². The zero-order chi connectivity index (χ0) is 16.7. The summed E-state index contributed by atoms with van der Waals surface area (Å²) in [6.07, 6.45) is 7.33. The van der Waals surface area contributed by atoms with Gasteiger partial charge in [-0.05, 0) is 50.8 Å². The number of piperidine rings is 1. The lowest BCUT2D eigenvalue weighted by Crippen LogP contribution is -2.55. The third-order valence-electron chi connectivity index (χ3n) is 4.81. The van der Waals surface area contributed by atoms with Crippen molar-refractivity contribution in [3.05, 3.63) is 30.1 Å². The Morgan fingerprint density at radius 2 is 2.26 bits per heavy atom. The molecule has 1 aromatic rings. The summed E-state index contributed by atoms with van der Waals surface area (Å²) in [6.45, 7) is 10.1. The highest BCUT2D eigenvalue weighted by molar-refractivity contribution is 5.73. The maximum Gasteiger partial charge on any atom is 0.315 e. The van der Waals surface area contributed by atoms with Gasteiger partial charge in [0.05, 0.1) is 0 Å². The predicted octanol–water partition coefficient (Wildman–Crippen LogP) is 2.78. The minimum Gasteiger partial charge on any atom is -0.336 e. The van der Waals surface area contributed by atoms with E-state index in [2.05, 4.69) is 41.3 Å². The van der Waals surface area contributed by atoms with Crippen molar-refractivity contribution < 1.29 is 4.79 Å². The summed E-state index contributed by atoms with van der Waals surface area (Å²) in [5.41, 5.74) is 0.989. The van der Waals surface area contributed by atoms with Crippen LogP contribution in [0.25, 0.3) is 0 Å². The Bertz CT molecular complexity index is 489. The van der Waals surface area contributed by atoms with Gasteiger partial charge in [-0.15, -0.1) is 0 Å². The van der Waals surface area contributed by atoms with Crippen LogP contribution >= 0.6 is 0 Å². The van der Waals surface area contributed by atoms with Gasteiger partial charge < -0.3 is 10.6 Å². The van der Waals surface area contributed by atoms with Crippen LogP contribution in [0, 0.1) is 5.92 Å². The first-order chi connectivity index (χ1) is 11.0. The van der Waals surface area contributed by atoms with E-state index in [1.165, 1.54) is 19.3 Å². The molecule has 2 N–H and O–H groups in total. The Morgan fingerprint density at radius 1 is 1.43 bits per heavy atom. The second kappa shape index (κ2) is 8.29. The lowest BCUT2D eigenvalue weighted by Gasteiger charge is -2.43. The van der Waals surface area contributed by atoms with Crippen molar-refractivity contribution in [3.8, 4) is 0 Å². The Kier molecular flexibility index (Phi) is 6.39. The van der Waals surface area contributed by atoms with Crippen LogP contribution in [0.1, 0.15) is 45.6 Å². The largest absolute Gasteiger partial charge is 0.336 e. The molecule has 0 spiro atoms. The van der Waals surface area contributed by atoms with Gasteiger partial charge in [0.15, 0.2) is 0 Å². The van der Waals surface area contributed by atoms with E-state index in [1.807, 2.05) is 12.1 Å². The number of hydrogen-bond donors (Lipinski definition) is 2. The maximum atomic E-state index is 12.0. The number of amides is 2. The quantitative estimate of drug-likeness (QED) is 0.848. The number of hydrogen-bond acceptors (Lipinski definition) is 3. The Balaban J connectivity index is 1.75. The van der Waals surface area contributed by atoms with Crippen molar-refractivity contribution in [1.29, 1.82) is 0 Å². The fraction of sp³-hybridized carbons (Fsp3) is 0.667. The molecule has 1 aromatic heterocycles. The average Bonchev–Trinajstić information content (AvgIpc) is 2.59. The summed E-state index contributed by atoms with van der Waals surface area (Å²) in [6, 6.07) is 3.71. The molecule has 1 fully saturated rings. The Morgan fingerprint density at radius 3 is 2.96 bits per heavy atom. The summed E-state index contributed by atoms with van der Waals surface area (Å²) >= 11 is 0. The smallest absolute Gasteiger partial charge is 0.315 e. The normalized spacial score (nSPS) is 19.3. The van der Waals surface area contributed by atoms with Gasteiger partial charge in [-0.1, -0.05) is 19.4 Å². The minimum atomic E-state index is -0.119. The first kappa shape index (κ1) is 17.7. The third kappa shape index (κ3) is 5.50. The SMILES string of the molecule is CC[C@H]1CCCN(C(C)(C)CNC(=O)NCc2cccnc2)C1. The molecule has 0 aliphatic carbocycles. The van der Waals surface area contributed by atoms with Crippen molar-refractivity contribution in [2.75, 3.05) is 19.6 Å². The average molecular weight is 318 g/mol.